The first-order valence-electron chi connectivity index (χ1n) is 9.87. The van der Waals surface area contributed by atoms with Gasteiger partial charge in [-0.15, -0.1) is 21.5 Å². The van der Waals surface area contributed by atoms with Crippen LogP contribution in [0.2, 0.25) is 10.3 Å². The Balaban J connectivity index is 1.60. The molecule has 0 aliphatic carbocycles. The molecule has 12 heteroatoms. The number of nitrogens with one attached hydrogen (secondary N) is 1. The zero-order valence-electron chi connectivity index (χ0n) is 17.8. The van der Waals surface area contributed by atoms with Crippen molar-refractivity contribution in [2.75, 3.05) is 25.6 Å². The van der Waals surface area contributed by atoms with Crippen molar-refractivity contribution in [2.24, 2.45) is 0 Å². The number of thiazole rings is 1. The zero-order chi connectivity index (χ0) is 24.0. The molecule has 1 N–H and O–H groups in total. The van der Waals surface area contributed by atoms with Crippen molar-refractivity contribution in [3.8, 4) is 5.75 Å². The predicted molar refractivity (Wildman–Crippen MR) is 135 cm³/mol. The number of methoxy groups -OCH3 is 1. The molecule has 3 rings (SSSR count). The number of nitrogens with zero attached hydrogens (tertiary/aromatic N) is 3. The van der Waals surface area contributed by atoms with Gasteiger partial charge in [-0.05, 0) is 78.1 Å². The van der Waals surface area contributed by atoms with Crippen molar-refractivity contribution in [2.45, 2.75) is 26.2 Å². The van der Waals surface area contributed by atoms with Crippen molar-refractivity contribution in [3.63, 3.8) is 0 Å². The Morgan fingerprint density at radius 1 is 1.24 bits per heavy atom. The Bertz CT molecular complexity index is 1150. The molecule has 0 atom stereocenters. The number of anilines is 1. The highest BCUT2D eigenvalue weighted by molar-refractivity contribution is 14.1. The van der Waals surface area contributed by atoms with Gasteiger partial charge in [-0.25, -0.2) is 14.2 Å². The molecule has 0 amide bonds. The minimum absolute atomic E-state index is 0.204. The van der Waals surface area contributed by atoms with Crippen molar-refractivity contribution >= 4 is 68.2 Å². The van der Waals surface area contributed by atoms with Crippen LogP contribution in [0.1, 0.15) is 32.9 Å². The summed E-state index contributed by atoms with van der Waals surface area (Å²) >= 11 is 15.6. The second-order valence-corrected chi connectivity index (χ2v) is 9.92. The Hall–Kier alpha value is -1.76. The summed E-state index contributed by atoms with van der Waals surface area (Å²) in [6, 6.07) is 4.79. The van der Waals surface area contributed by atoms with E-state index in [0.717, 1.165) is 19.6 Å². The average molecular weight is 625 g/mol. The van der Waals surface area contributed by atoms with Crippen LogP contribution in [0.25, 0.3) is 0 Å². The fraction of sp³-hybridized carbons (Fsp3) is 0.333. The normalized spacial score (nSPS) is 10.8. The third-order valence-electron chi connectivity index (χ3n) is 4.66. The van der Waals surface area contributed by atoms with Gasteiger partial charge in [0.1, 0.15) is 0 Å². The molecule has 0 radical (unpaired) electrons. The molecule has 1 aromatic carbocycles. The first-order valence-corrected chi connectivity index (χ1v) is 12.5. The number of ether oxygens (including phenoxy) is 2. The van der Waals surface area contributed by atoms with Gasteiger partial charge in [0.25, 0.3) is 0 Å². The van der Waals surface area contributed by atoms with Crippen LogP contribution in [0.5, 0.6) is 5.75 Å². The molecule has 0 spiro atoms. The third-order valence-corrected chi connectivity index (χ3v) is 7.07. The maximum absolute atomic E-state index is 13.9. The number of benzene rings is 1. The highest BCUT2D eigenvalue weighted by atomic mass is 127. The van der Waals surface area contributed by atoms with E-state index in [1.807, 2.05) is 29.5 Å². The molecule has 3 aromatic rings. The van der Waals surface area contributed by atoms with E-state index in [1.165, 1.54) is 24.5 Å². The number of esters is 1. The second-order valence-electron chi connectivity index (χ2n) is 6.87. The first kappa shape index (κ1) is 25.9. The van der Waals surface area contributed by atoms with Crippen LogP contribution in [0.15, 0.2) is 18.2 Å². The maximum Gasteiger partial charge on any atom is 0.357 e. The molecule has 0 fully saturated rings. The Morgan fingerprint density at radius 3 is 2.73 bits per heavy atom. The molecule has 2 aromatic heterocycles. The summed E-state index contributed by atoms with van der Waals surface area (Å²) in [5, 5.41) is 12.0. The van der Waals surface area contributed by atoms with Gasteiger partial charge in [-0.2, -0.15) is 0 Å². The van der Waals surface area contributed by atoms with Crippen molar-refractivity contribution < 1.29 is 18.7 Å². The van der Waals surface area contributed by atoms with Gasteiger partial charge in [0.2, 0.25) is 0 Å². The number of hydrogen-bond donors (Lipinski definition) is 1. The standard InChI is InChI=1S/C21H20Cl2FIN4O3S/c1-11-13(19(23)29-28-18(11)22)7-8-26-21-27-17(20(30)31-2)16(33-21)4-3-9-32-15-6-5-12(25)10-14(15)24/h5-6,10H,3-4,7-9H2,1-2H3,(H,26,27). The molecule has 2 heterocycles. The van der Waals surface area contributed by atoms with Gasteiger partial charge in [-0.1, -0.05) is 23.2 Å². The Morgan fingerprint density at radius 2 is 2.00 bits per heavy atom. The Labute approximate surface area is 218 Å². The zero-order valence-corrected chi connectivity index (χ0v) is 22.2. The van der Waals surface area contributed by atoms with Gasteiger partial charge in [0.05, 0.1) is 13.7 Å². The minimum Gasteiger partial charge on any atom is -0.491 e. The highest BCUT2D eigenvalue weighted by Gasteiger charge is 2.19. The number of hydrogen-bond acceptors (Lipinski definition) is 8. The van der Waals surface area contributed by atoms with E-state index in [1.54, 1.807) is 12.1 Å². The molecule has 7 nitrogen and oxygen atoms in total. The summed E-state index contributed by atoms with van der Waals surface area (Å²) in [6.45, 7) is 2.64. The van der Waals surface area contributed by atoms with Crippen molar-refractivity contribution in [1.29, 1.82) is 0 Å². The summed E-state index contributed by atoms with van der Waals surface area (Å²) in [7, 11) is 1.31. The van der Waals surface area contributed by atoms with Gasteiger partial charge in [0, 0.05) is 15.0 Å². The van der Waals surface area contributed by atoms with Crippen LogP contribution < -0.4 is 10.1 Å². The fourth-order valence-corrected chi connectivity index (χ4v) is 4.84. The lowest BCUT2D eigenvalue weighted by Crippen LogP contribution is -2.09. The summed E-state index contributed by atoms with van der Waals surface area (Å²) in [5.41, 5.74) is 1.83. The van der Waals surface area contributed by atoms with E-state index in [0.29, 0.717) is 47.9 Å². The van der Waals surface area contributed by atoms with E-state index in [-0.39, 0.29) is 11.4 Å². The van der Waals surface area contributed by atoms with Crippen LogP contribution in [-0.4, -0.2) is 41.4 Å². The highest BCUT2D eigenvalue weighted by Crippen LogP contribution is 2.27. The lowest BCUT2D eigenvalue weighted by atomic mass is 10.1. The molecule has 0 saturated heterocycles. The summed E-state index contributed by atoms with van der Waals surface area (Å²) < 4.78 is 25.1. The van der Waals surface area contributed by atoms with Gasteiger partial charge < -0.3 is 14.8 Å². The molecule has 33 heavy (non-hydrogen) atoms. The van der Waals surface area contributed by atoms with Crippen LogP contribution in [-0.2, 0) is 17.6 Å². The quantitative estimate of drug-likeness (QED) is 0.175. The predicted octanol–water partition coefficient (Wildman–Crippen LogP) is 5.74. The summed E-state index contributed by atoms with van der Waals surface area (Å²) in [5.74, 6) is -0.708. The van der Waals surface area contributed by atoms with Gasteiger partial charge >= 0.3 is 5.97 Å². The van der Waals surface area contributed by atoms with Crippen molar-refractivity contribution in [1.82, 2.24) is 15.2 Å². The fourth-order valence-electron chi connectivity index (χ4n) is 2.95. The van der Waals surface area contributed by atoms with E-state index >= 15 is 0 Å². The molecule has 176 valence electrons. The van der Waals surface area contributed by atoms with E-state index in [2.05, 4.69) is 20.5 Å². The smallest absolute Gasteiger partial charge is 0.357 e. The minimum atomic E-state index is -0.511. The third kappa shape index (κ3) is 6.87. The number of aromatic nitrogens is 3. The summed E-state index contributed by atoms with van der Waals surface area (Å²) in [6.07, 6.45) is 1.66. The number of rotatable bonds is 10. The average Bonchev–Trinajstić information content (AvgIpc) is 3.20. The molecular formula is C21H20Cl2FIN4O3S. The van der Waals surface area contributed by atoms with Crippen molar-refractivity contribution in [3.05, 3.63) is 59.6 Å². The second kappa shape index (κ2) is 12.1. The molecule has 0 bridgehead atoms. The van der Waals surface area contributed by atoms with Gasteiger partial charge in [-0.3, -0.25) is 0 Å². The lowest BCUT2D eigenvalue weighted by Gasteiger charge is -2.08. The molecular weight excluding hydrogens is 605 g/mol. The largest absolute Gasteiger partial charge is 0.491 e. The molecule has 0 unspecified atom stereocenters. The van der Waals surface area contributed by atoms with E-state index in [4.69, 9.17) is 32.7 Å². The van der Waals surface area contributed by atoms with E-state index in [9.17, 15) is 9.18 Å². The number of aryl methyl sites for hydroxylation is 1. The Kier molecular flexibility index (Phi) is 9.47. The molecule has 0 aliphatic rings. The lowest BCUT2D eigenvalue weighted by molar-refractivity contribution is 0.0593. The van der Waals surface area contributed by atoms with Crippen LogP contribution in [0, 0.1) is 16.3 Å². The van der Waals surface area contributed by atoms with Crippen LogP contribution >= 0.6 is 57.1 Å². The first-order chi connectivity index (χ1) is 15.8. The monoisotopic (exact) mass is 624 g/mol. The number of halogens is 4. The van der Waals surface area contributed by atoms with Gasteiger partial charge in [0.15, 0.2) is 32.7 Å². The number of carbonyl (C=O) groups is 1. The summed E-state index contributed by atoms with van der Waals surface area (Å²) in [4.78, 5) is 17.3. The number of carbonyl (C=O) groups excluding carboxylic acids is 1. The van der Waals surface area contributed by atoms with Crippen LogP contribution in [0.4, 0.5) is 9.52 Å². The van der Waals surface area contributed by atoms with E-state index < -0.39 is 11.8 Å². The molecule has 0 aliphatic heterocycles. The van der Waals surface area contributed by atoms with Crippen LogP contribution in [0.3, 0.4) is 0 Å². The topological polar surface area (TPSA) is 86.2 Å². The maximum atomic E-state index is 13.9. The molecule has 0 saturated carbocycles. The SMILES string of the molecule is COC(=O)c1nc(NCCc2c(Cl)nnc(Cl)c2C)sc1CCCOc1ccc(I)cc1F.